The van der Waals surface area contributed by atoms with Crippen LogP contribution in [0.1, 0.15) is 27.9 Å². The fraction of sp³-hybridized carbons (Fsp3) is 0.111. The van der Waals surface area contributed by atoms with Crippen LogP contribution in [0.4, 0.5) is 0 Å². The fourth-order valence-corrected chi connectivity index (χ4v) is 2.72. The van der Waals surface area contributed by atoms with Gasteiger partial charge in [-0.25, -0.2) is 0 Å². The van der Waals surface area contributed by atoms with E-state index in [1.54, 1.807) is 18.2 Å². The summed E-state index contributed by atoms with van der Waals surface area (Å²) in [5.41, 5.74) is 2.79. The minimum Gasteiger partial charge on any atom is -0.492 e. The van der Waals surface area contributed by atoms with Crippen LogP contribution in [0.15, 0.2) is 52.5 Å². The van der Waals surface area contributed by atoms with Gasteiger partial charge in [0.05, 0.1) is 23.8 Å². The largest absolute Gasteiger partial charge is 0.492 e. The number of rotatable bonds is 1. The summed E-state index contributed by atoms with van der Waals surface area (Å²) in [6, 6.07) is 14.7. The molecule has 22 heavy (non-hydrogen) atoms. The first-order valence-electron chi connectivity index (χ1n) is 6.85. The van der Waals surface area contributed by atoms with Crippen molar-refractivity contribution in [3.05, 3.63) is 69.2 Å². The predicted octanol–water partition coefficient (Wildman–Crippen LogP) is 4.37. The van der Waals surface area contributed by atoms with Crippen LogP contribution in [0, 0.1) is 11.3 Å². The Labute approximate surface area is 137 Å². The minimum atomic E-state index is -0.0156. The summed E-state index contributed by atoms with van der Waals surface area (Å²) in [5, 5.41) is 8.82. The SMILES string of the molecule is N#Cc1ccc(/C=C2/CCOc3ccc(Br)cc3C2=O)cc1. The quantitative estimate of drug-likeness (QED) is 0.715. The summed E-state index contributed by atoms with van der Waals surface area (Å²) in [5.74, 6) is 0.606. The smallest absolute Gasteiger partial charge is 0.192 e. The molecule has 1 aliphatic rings. The Hall–Kier alpha value is -2.38. The number of fused-ring (bicyclic) bond motifs is 1. The highest BCUT2D eigenvalue weighted by Crippen LogP contribution is 2.30. The van der Waals surface area contributed by atoms with Crippen molar-refractivity contribution in [1.29, 1.82) is 5.26 Å². The molecule has 0 bridgehead atoms. The second-order valence-electron chi connectivity index (χ2n) is 4.97. The van der Waals surface area contributed by atoms with Crippen molar-refractivity contribution in [2.24, 2.45) is 0 Å². The van der Waals surface area contributed by atoms with Crippen molar-refractivity contribution in [2.45, 2.75) is 6.42 Å². The van der Waals surface area contributed by atoms with E-state index in [4.69, 9.17) is 10.00 Å². The Bertz CT molecular complexity index is 801. The van der Waals surface area contributed by atoms with Crippen molar-refractivity contribution < 1.29 is 9.53 Å². The van der Waals surface area contributed by atoms with Crippen LogP contribution in [0.2, 0.25) is 0 Å². The Kier molecular flexibility index (Phi) is 4.08. The zero-order valence-electron chi connectivity index (χ0n) is 11.7. The summed E-state index contributed by atoms with van der Waals surface area (Å²) in [6.45, 7) is 0.475. The van der Waals surface area contributed by atoms with Crippen LogP contribution in [0.5, 0.6) is 5.75 Å². The number of carbonyl (C=O) groups excluding carboxylic acids is 1. The van der Waals surface area contributed by atoms with Gasteiger partial charge in [0.1, 0.15) is 5.75 Å². The first kappa shape index (κ1) is 14.6. The molecule has 0 saturated carbocycles. The molecule has 108 valence electrons. The van der Waals surface area contributed by atoms with Gasteiger partial charge in [0.15, 0.2) is 5.78 Å². The Balaban J connectivity index is 1.98. The number of hydrogen-bond acceptors (Lipinski definition) is 3. The van der Waals surface area contributed by atoms with Crippen LogP contribution < -0.4 is 4.74 Å². The molecule has 0 unspecified atom stereocenters. The highest BCUT2D eigenvalue weighted by atomic mass is 79.9. The Morgan fingerprint density at radius 3 is 2.68 bits per heavy atom. The number of nitrogens with zero attached hydrogens (tertiary/aromatic N) is 1. The number of Topliss-reactive ketones (excluding diaryl/α,β-unsaturated/α-hetero) is 1. The van der Waals surface area contributed by atoms with Gasteiger partial charge < -0.3 is 4.74 Å². The van der Waals surface area contributed by atoms with Gasteiger partial charge in [-0.1, -0.05) is 28.1 Å². The lowest BCUT2D eigenvalue weighted by Crippen LogP contribution is -2.02. The molecule has 3 nitrogen and oxygen atoms in total. The van der Waals surface area contributed by atoms with Gasteiger partial charge in [-0.2, -0.15) is 5.26 Å². The van der Waals surface area contributed by atoms with Gasteiger partial charge in [-0.15, -0.1) is 0 Å². The molecule has 0 fully saturated rings. The maximum atomic E-state index is 12.7. The van der Waals surface area contributed by atoms with E-state index < -0.39 is 0 Å². The maximum Gasteiger partial charge on any atom is 0.192 e. The van der Waals surface area contributed by atoms with Crippen molar-refractivity contribution in [3.8, 4) is 11.8 Å². The highest BCUT2D eigenvalue weighted by Gasteiger charge is 2.21. The van der Waals surface area contributed by atoms with Crippen molar-refractivity contribution in [1.82, 2.24) is 0 Å². The first-order valence-corrected chi connectivity index (χ1v) is 7.64. The first-order chi connectivity index (χ1) is 10.7. The second kappa shape index (κ2) is 6.17. The summed E-state index contributed by atoms with van der Waals surface area (Å²) in [6.07, 6.45) is 2.42. The lowest BCUT2D eigenvalue weighted by Gasteiger charge is -2.05. The second-order valence-corrected chi connectivity index (χ2v) is 5.89. The van der Waals surface area contributed by atoms with Gasteiger partial charge >= 0.3 is 0 Å². The van der Waals surface area contributed by atoms with E-state index in [0.717, 1.165) is 10.0 Å². The van der Waals surface area contributed by atoms with Crippen LogP contribution in [-0.2, 0) is 0 Å². The average Bonchev–Trinajstić information content (AvgIpc) is 2.68. The predicted molar refractivity (Wildman–Crippen MR) is 87.7 cm³/mol. The monoisotopic (exact) mass is 353 g/mol. The van der Waals surface area contributed by atoms with E-state index >= 15 is 0 Å². The van der Waals surface area contributed by atoms with E-state index in [-0.39, 0.29) is 5.78 Å². The van der Waals surface area contributed by atoms with Crippen molar-refractivity contribution in [3.63, 3.8) is 0 Å². The fourth-order valence-electron chi connectivity index (χ4n) is 2.36. The topological polar surface area (TPSA) is 50.1 Å². The number of benzene rings is 2. The highest BCUT2D eigenvalue weighted by molar-refractivity contribution is 9.10. The van der Waals surface area contributed by atoms with Gasteiger partial charge in [0, 0.05) is 16.5 Å². The van der Waals surface area contributed by atoms with E-state index in [2.05, 4.69) is 22.0 Å². The summed E-state index contributed by atoms with van der Waals surface area (Å²) in [4.78, 5) is 12.7. The van der Waals surface area contributed by atoms with E-state index in [1.165, 1.54) is 0 Å². The minimum absolute atomic E-state index is 0.0156. The summed E-state index contributed by atoms with van der Waals surface area (Å²) >= 11 is 3.39. The number of ether oxygens (including phenoxy) is 1. The van der Waals surface area contributed by atoms with E-state index in [1.807, 2.05) is 30.3 Å². The molecular formula is C18H12BrNO2. The van der Waals surface area contributed by atoms with Crippen LogP contribution >= 0.6 is 15.9 Å². The lowest BCUT2D eigenvalue weighted by molar-refractivity contribution is 0.103. The molecule has 0 amide bonds. The third kappa shape index (κ3) is 2.95. The molecule has 0 radical (unpaired) electrons. The van der Waals surface area contributed by atoms with E-state index in [9.17, 15) is 4.79 Å². The molecule has 1 heterocycles. The summed E-state index contributed by atoms with van der Waals surface area (Å²) < 4.78 is 6.50. The number of halogens is 1. The van der Waals surface area contributed by atoms with Gasteiger partial charge in [-0.3, -0.25) is 4.79 Å². The Morgan fingerprint density at radius 2 is 1.95 bits per heavy atom. The molecule has 3 rings (SSSR count). The molecule has 0 atom stereocenters. The number of hydrogen-bond donors (Lipinski definition) is 0. The number of carbonyl (C=O) groups is 1. The molecule has 0 N–H and O–H groups in total. The van der Waals surface area contributed by atoms with Gasteiger partial charge in [0.2, 0.25) is 0 Å². The molecule has 0 aliphatic carbocycles. The van der Waals surface area contributed by atoms with E-state index in [0.29, 0.717) is 35.5 Å². The van der Waals surface area contributed by atoms with Crippen molar-refractivity contribution >= 4 is 27.8 Å². The number of ketones is 1. The van der Waals surface area contributed by atoms with Crippen molar-refractivity contribution in [2.75, 3.05) is 6.61 Å². The van der Waals surface area contributed by atoms with Crippen LogP contribution in [0.3, 0.4) is 0 Å². The third-order valence-corrected chi connectivity index (χ3v) is 3.98. The molecular weight excluding hydrogens is 342 g/mol. The average molecular weight is 354 g/mol. The van der Waals surface area contributed by atoms with Crippen LogP contribution in [0.25, 0.3) is 6.08 Å². The summed E-state index contributed by atoms with van der Waals surface area (Å²) in [7, 11) is 0. The molecule has 1 aliphatic heterocycles. The maximum absolute atomic E-state index is 12.7. The third-order valence-electron chi connectivity index (χ3n) is 3.49. The standard InChI is InChI=1S/C18H12BrNO2/c19-15-5-6-17-16(10-15)18(21)14(7-8-22-17)9-12-1-3-13(11-20)4-2-12/h1-6,9-10H,7-8H2/b14-9-. The Morgan fingerprint density at radius 1 is 1.18 bits per heavy atom. The zero-order valence-corrected chi connectivity index (χ0v) is 13.3. The van der Waals surface area contributed by atoms with Gasteiger partial charge in [0.25, 0.3) is 0 Å². The zero-order chi connectivity index (χ0) is 15.5. The lowest BCUT2D eigenvalue weighted by atomic mass is 9.99. The van der Waals surface area contributed by atoms with Gasteiger partial charge in [-0.05, 0) is 42.0 Å². The molecule has 2 aromatic rings. The normalized spacial score (nSPS) is 15.6. The molecule has 4 heteroatoms. The molecule has 0 aromatic heterocycles. The molecule has 0 saturated heterocycles. The van der Waals surface area contributed by atoms with Crippen LogP contribution in [-0.4, -0.2) is 12.4 Å². The molecule has 0 spiro atoms. The number of nitriles is 1. The molecule has 2 aromatic carbocycles.